The third-order valence-corrected chi connectivity index (χ3v) is 5.96. The maximum absolute atomic E-state index is 5.69. The molecule has 0 aliphatic carbocycles. The van der Waals surface area contributed by atoms with Crippen molar-refractivity contribution >= 4 is 16.6 Å². The quantitative estimate of drug-likeness (QED) is 0.583. The molecule has 0 saturated carbocycles. The van der Waals surface area contributed by atoms with Gasteiger partial charge in [-0.1, -0.05) is 18.2 Å². The van der Waals surface area contributed by atoms with E-state index in [4.69, 9.17) is 15.5 Å². The first-order chi connectivity index (χ1) is 14.8. The SMILES string of the molecule is COc1ccc(-c2cc(NCC3CCCN(CCCN)C3)c3ccccc3n2)cc1. The molecule has 5 heteroatoms. The molecule has 0 spiro atoms. The smallest absolute Gasteiger partial charge is 0.118 e. The molecule has 3 aromatic rings. The number of para-hydroxylation sites is 1. The lowest BCUT2D eigenvalue weighted by Gasteiger charge is -2.33. The van der Waals surface area contributed by atoms with Gasteiger partial charge < -0.3 is 20.7 Å². The van der Waals surface area contributed by atoms with E-state index in [9.17, 15) is 0 Å². The molecular weight excluding hydrogens is 372 g/mol. The lowest BCUT2D eigenvalue weighted by Crippen LogP contribution is -2.39. The first-order valence-corrected chi connectivity index (χ1v) is 11.0. The molecule has 1 atom stereocenters. The Bertz CT molecular complexity index is 957. The summed E-state index contributed by atoms with van der Waals surface area (Å²) >= 11 is 0. The van der Waals surface area contributed by atoms with Crippen LogP contribution >= 0.6 is 0 Å². The summed E-state index contributed by atoms with van der Waals surface area (Å²) in [5.74, 6) is 1.52. The Morgan fingerprint density at radius 1 is 1.17 bits per heavy atom. The molecule has 4 rings (SSSR count). The number of benzene rings is 2. The Kier molecular flexibility index (Phi) is 6.82. The number of hydrogen-bond donors (Lipinski definition) is 2. The van der Waals surface area contributed by atoms with Crippen molar-refractivity contribution in [2.75, 3.05) is 45.2 Å². The van der Waals surface area contributed by atoms with Crippen LogP contribution < -0.4 is 15.8 Å². The molecule has 1 fully saturated rings. The molecular formula is C25H32N4O. The second-order valence-electron chi connectivity index (χ2n) is 8.13. The Balaban J connectivity index is 1.53. The number of rotatable bonds is 8. The number of ether oxygens (including phenoxy) is 1. The Labute approximate surface area is 179 Å². The molecule has 5 nitrogen and oxygen atoms in total. The summed E-state index contributed by atoms with van der Waals surface area (Å²) in [5.41, 5.74) is 9.94. The van der Waals surface area contributed by atoms with Gasteiger partial charge in [0, 0.05) is 29.7 Å². The van der Waals surface area contributed by atoms with Gasteiger partial charge in [0.05, 0.1) is 18.3 Å². The van der Waals surface area contributed by atoms with Gasteiger partial charge in [0.2, 0.25) is 0 Å². The fraction of sp³-hybridized carbons (Fsp3) is 0.400. The average Bonchev–Trinajstić information content (AvgIpc) is 2.81. The summed E-state index contributed by atoms with van der Waals surface area (Å²) in [4.78, 5) is 7.47. The number of aromatic nitrogens is 1. The number of piperidine rings is 1. The van der Waals surface area contributed by atoms with Gasteiger partial charge in [-0.25, -0.2) is 4.98 Å². The van der Waals surface area contributed by atoms with E-state index in [1.165, 1.54) is 24.8 Å². The summed E-state index contributed by atoms with van der Waals surface area (Å²) in [6.45, 7) is 5.23. The van der Waals surface area contributed by atoms with Crippen molar-refractivity contribution in [3.8, 4) is 17.0 Å². The normalized spacial score (nSPS) is 17.2. The highest BCUT2D eigenvalue weighted by atomic mass is 16.5. The largest absolute Gasteiger partial charge is 0.497 e. The van der Waals surface area contributed by atoms with Crippen LogP contribution in [0.1, 0.15) is 19.3 Å². The molecule has 2 heterocycles. The predicted octanol–water partition coefficient (Wildman–Crippen LogP) is 4.38. The van der Waals surface area contributed by atoms with Crippen LogP contribution in [0.5, 0.6) is 5.75 Å². The zero-order chi connectivity index (χ0) is 20.8. The molecule has 3 N–H and O–H groups in total. The third kappa shape index (κ3) is 4.91. The van der Waals surface area contributed by atoms with Crippen LogP contribution in [0.25, 0.3) is 22.2 Å². The molecule has 158 valence electrons. The summed E-state index contributed by atoms with van der Waals surface area (Å²) in [6, 6.07) is 18.6. The first kappa shape index (κ1) is 20.6. The van der Waals surface area contributed by atoms with E-state index >= 15 is 0 Å². The van der Waals surface area contributed by atoms with Crippen molar-refractivity contribution in [3.05, 3.63) is 54.6 Å². The van der Waals surface area contributed by atoms with Crippen LogP contribution in [0.2, 0.25) is 0 Å². The summed E-state index contributed by atoms with van der Waals surface area (Å²) < 4.78 is 5.29. The van der Waals surface area contributed by atoms with Crippen molar-refractivity contribution < 1.29 is 4.74 Å². The van der Waals surface area contributed by atoms with Crippen molar-refractivity contribution in [1.82, 2.24) is 9.88 Å². The highest BCUT2D eigenvalue weighted by Crippen LogP contribution is 2.30. The van der Waals surface area contributed by atoms with E-state index in [1.807, 2.05) is 18.2 Å². The Morgan fingerprint density at radius 3 is 2.80 bits per heavy atom. The fourth-order valence-corrected chi connectivity index (χ4v) is 4.32. The van der Waals surface area contributed by atoms with Crippen molar-refractivity contribution in [2.45, 2.75) is 19.3 Å². The number of fused-ring (bicyclic) bond motifs is 1. The number of nitrogens with one attached hydrogen (secondary N) is 1. The zero-order valence-corrected chi connectivity index (χ0v) is 17.8. The number of hydrogen-bond acceptors (Lipinski definition) is 5. The number of pyridine rings is 1. The monoisotopic (exact) mass is 404 g/mol. The standard InChI is InChI=1S/C25H32N4O/c1-30-21-11-9-20(10-12-21)24-16-25(22-7-2-3-8-23(22)28-24)27-17-19-6-4-14-29(18-19)15-5-13-26/h2-3,7-12,16,19H,4-6,13-15,17-18,26H2,1H3,(H,27,28). The van der Waals surface area contributed by atoms with E-state index in [0.29, 0.717) is 5.92 Å². The van der Waals surface area contributed by atoms with Crippen molar-refractivity contribution in [3.63, 3.8) is 0 Å². The molecule has 0 radical (unpaired) electrons. The molecule has 1 aromatic heterocycles. The van der Waals surface area contributed by atoms with Crippen LogP contribution in [0.15, 0.2) is 54.6 Å². The van der Waals surface area contributed by atoms with Gasteiger partial charge in [-0.2, -0.15) is 0 Å². The molecule has 1 unspecified atom stereocenters. The molecule has 30 heavy (non-hydrogen) atoms. The van der Waals surface area contributed by atoms with Crippen molar-refractivity contribution in [1.29, 1.82) is 0 Å². The number of methoxy groups -OCH3 is 1. The molecule has 1 aliphatic heterocycles. The van der Waals surface area contributed by atoms with Crippen LogP contribution in [0.3, 0.4) is 0 Å². The number of likely N-dealkylation sites (tertiary alicyclic amines) is 1. The molecule has 1 aliphatic rings. The summed E-state index contributed by atoms with van der Waals surface area (Å²) in [7, 11) is 1.69. The van der Waals surface area contributed by atoms with E-state index in [1.54, 1.807) is 7.11 Å². The van der Waals surface area contributed by atoms with Gasteiger partial charge in [-0.05, 0) is 81.2 Å². The van der Waals surface area contributed by atoms with Crippen molar-refractivity contribution in [2.24, 2.45) is 11.7 Å². The topological polar surface area (TPSA) is 63.4 Å². The maximum atomic E-state index is 5.69. The van der Waals surface area contributed by atoms with Gasteiger partial charge in [-0.3, -0.25) is 0 Å². The van der Waals surface area contributed by atoms with E-state index in [0.717, 1.165) is 60.8 Å². The number of nitrogens with two attached hydrogens (primary N) is 1. The van der Waals surface area contributed by atoms with Gasteiger partial charge in [0.25, 0.3) is 0 Å². The van der Waals surface area contributed by atoms with Crippen LogP contribution in [0, 0.1) is 5.92 Å². The minimum atomic E-state index is 0.660. The highest BCUT2D eigenvalue weighted by Gasteiger charge is 2.19. The predicted molar refractivity (Wildman–Crippen MR) is 125 cm³/mol. The number of nitrogens with zero attached hydrogens (tertiary/aromatic N) is 2. The second kappa shape index (κ2) is 9.92. The van der Waals surface area contributed by atoms with Gasteiger partial charge in [0.1, 0.15) is 5.75 Å². The highest BCUT2D eigenvalue weighted by molar-refractivity contribution is 5.93. The van der Waals surface area contributed by atoms with Gasteiger partial charge in [0.15, 0.2) is 0 Å². The second-order valence-corrected chi connectivity index (χ2v) is 8.13. The molecule has 1 saturated heterocycles. The number of anilines is 1. The molecule has 0 bridgehead atoms. The van der Waals surface area contributed by atoms with E-state index in [2.05, 4.69) is 46.6 Å². The summed E-state index contributed by atoms with van der Waals surface area (Å²) in [6.07, 6.45) is 3.63. The lowest BCUT2D eigenvalue weighted by molar-refractivity contribution is 0.180. The minimum absolute atomic E-state index is 0.660. The third-order valence-electron chi connectivity index (χ3n) is 5.96. The molecule has 0 amide bonds. The van der Waals surface area contributed by atoms with E-state index < -0.39 is 0 Å². The fourth-order valence-electron chi connectivity index (χ4n) is 4.32. The van der Waals surface area contributed by atoms with Gasteiger partial charge in [-0.15, -0.1) is 0 Å². The van der Waals surface area contributed by atoms with E-state index in [-0.39, 0.29) is 0 Å². The van der Waals surface area contributed by atoms with Crippen LogP contribution in [0.4, 0.5) is 5.69 Å². The first-order valence-electron chi connectivity index (χ1n) is 11.0. The Morgan fingerprint density at radius 2 is 2.00 bits per heavy atom. The maximum Gasteiger partial charge on any atom is 0.118 e. The average molecular weight is 405 g/mol. The lowest BCUT2D eigenvalue weighted by atomic mass is 9.97. The molecule has 2 aromatic carbocycles. The Hall–Kier alpha value is -2.63. The van der Waals surface area contributed by atoms with Crippen LogP contribution in [-0.4, -0.2) is 49.7 Å². The zero-order valence-electron chi connectivity index (χ0n) is 17.8. The summed E-state index contributed by atoms with van der Waals surface area (Å²) in [5, 5.41) is 4.92. The minimum Gasteiger partial charge on any atom is -0.497 e. The van der Waals surface area contributed by atoms with Gasteiger partial charge >= 0.3 is 0 Å². The van der Waals surface area contributed by atoms with Crippen LogP contribution in [-0.2, 0) is 0 Å².